The maximum Gasteiger partial charge on any atom is 0.309 e. The van der Waals surface area contributed by atoms with E-state index in [1.165, 1.54) is 32.1 Å². The van der Waals surface area contributed by atoms with Gasteiger partial charge in [0.15, 0.2) is 0 Å². The Morgan fingerprint density at radius 2 is 1.70 bits per heavy atom. The summed E-state index contributed by atoms with van der Waals surface area (Å²) in [5, 5.41) is 0. The third-order valence-corrected chi connectivity index (χ3v) is 8.63. The van der Waals surface area contributed by atoms with Crippen molar-refractivity contribution in [2.45, 2.75) is 76.1 Å². The molecule has 1 heterocycles. The van der Waals surface area contributed by atoms with E-state index in [2.05, 4.69) is 6.92 Å². The largest absolute Gasteiger partial charge is 0.459 e. The molecule has 1 aliphatic heterocycles. The lowest BCUT2D eigenvalue weighted by atomic mass is 9.67. The number of ether oxygens (including phenoxy) is 2. The van der Waals surface area contributed by atoms with Crippen LogP contribution in [0.3, 0.4) is 0 Å². The fourth-order valence-electron chi connectivity index (χ4n) is 7.84. The predicted molar refractivity (Wildman–Crippen MR) is 84.5 cm³/mol. The second kappa shape index (κ2) is 4.33. The summed E-state index contributed by atoms with van der Waals surface area (Å²) in [6, 6.07) is 0. The molecule has 5 aliphatic carbocycles. The summed E-state index contributed by atoms with van der Waals surface area (Å²) >= 11 is 0. The Bertz CT molecular complexity index is 551. The van der Waals surface area contributed by atoms with Crippen LogP contribution in [0.2, 0.25) is 0 Å². The highest BCUT2D eigenvalue weighted by atomic mass is 16.6. The molecule has 9 atom stereocenters. The van der Waals surface area contributed by atoms with Crippen LogP contribution in [0.15, 0.2) is 0 Å². The number of hydrogen-bond acceptors (Lipinski definition) is 3. The van der Waals surface area contributed by atoms with Crippen molar-refractivity contribution in [3.63, 3.8) is 0 Å². The fraction of sp³-hybridized carbons (Fsp3) is 0.950. The number of carbonyl (C=O) groups excluding carboxylic acids is 1. The SMILES string of the molecule is CC1(OC(=O)C2CC3CC2C2C4CC(C5OC45)C32)CCCCC1. The van der Waals surface area contributed by atoms with E-state index in [9.17, 15) is 4.79 Å². The predicted octanol–water partition coefficient (Wildman–Crippen LogP) is 3.56. The Hall–Kier alpha value is -0.570. The van der Waals surface area contributed by atoms with Crippen LogP contribution in [0.5, 0.6) is 0 Å². The molecule has 126 valence electrons. The van der Waals surface area contributed by atoms with Crippen molar-refractivity contribution < 1.29 is 14.3 Å². The Balaban J connectivity index is 1.20. The first kappa shape index (κ1) is 13.7. The topological polar surface area (TPSA) is 38.8 Å². The second-order valence-corrected chi connectivity index (χ2v) is 9.72. The molecule has 0 aromatic rings. The summed E-state index contributed by atoms with van der Waals surface area (Å²) in [4.78, 5) is 12.9. The number of hydrogen-bond donors (Lipinski definition) is 0. The van der Waals surface area contributed by atoms with E-state index in [0.717, 1.165) is 48.9 Å². The first-order valence-electron chi connectivity index (χ1n) is 10.0. The van der Waals surface area contributed by atoms with E-state index < -0.39 is 0 Å². The average molecular weight is 316 g/mol. The second-order valence-electron chi connectivity index (χ2n) is 9.72. The number of carbonyl (C=O) groups is 1. The zero-order chi connectivity index (χ0) is 15.3. The summed E-state index contributed by atoms with van der Waals surface area (Å²) in [5.74, 6) is 5.07. The van der Waals surface area contributed by atoms with Crippen LogP contribution in [0, 0.1) is 41.4 Å². The summed E-state index contributed by atoms with van der Waals surface area (Å²) < 4.78 is 12.0. The zero-order valence-corrected chi connectivity index (χ0v) is 14.1. The lowest BCUT2D eigenvalue weighted by Crippen LogP contribution is -2.42. The molecule has 6 aliphatic rings. The summed E-state index contributed by atoms with van der Waals surface area (Å²) in [5.41, 5.74) is -0.171. The van der Waals surface area contributed by atoms with Gasteiger partial charge in [0.1, 0.15) is 5.60 Å². The maximum absolute atomic E-state index is 12.9. The van der Waals surface area contributed by atoms with E-state index in [4.69, 9.17) is 9.47 Å². The van der Waals surface area contributed by atoms with Gasteiger partial charge in [0.05, 0.1) is 18.1 Å². The van der Waals surface area contributed by atoms with Gasteiger partial charge < -0.3 is 9.47 Å². The van der Waals surface area contributed by atoms with Crippen LogP contribution in [0.1, 0.15) is 58.3 Å². The molecule has 0 aromatic carbocycles. The van der Waals surface area contributed by atoms with Gasteiger partial charge >= 0.3 is 5.97 Å². The van der Waals surface area contributed by atoms with Gasteiger partial charge in [0, 0.05) is 0 Å². The molecule has 1 saturated heterocycles. The minimum Gasteiger partial charge on any atom is -0.459 e. The number of rotatable bonds is 2. The first-order valence-corrected chi connectivity index (χ1v) is 10.0. The van der Waals surface area contributed by atoms with Crippen LogP contribution in [-0.2, 0) is 14.3 Å². The first-order chi connectivity index (χ1) is 11.1. The molecule has 0 radical (unpaired) electrons. The van der Waals surface area contributed by atoms with Gasteiger partial charge in [-0.2, -0.15) is 0 Å². The molecule has 4 bridgehead atoms. The van der Waals surface area contributed by atoms with Gasteiger partial charge in [-0.3, -0.25) is 4.79 Å². The maximum atomic E-state index is 12.9. The lowest BCUT2D eigenvalue weighted by Gasteiger charge is -2.39. The van der Waals surface area contributed by atoms with Crippen molar-refractivity contribution in [3.8, 4) is 0 Å². The zero-order valence-electron chi connectivity index (χ0n) is 14.1. The van der Waals surface area contributed by atoms with E-state index in [-0.39, 0.29) is 17.5 Å². The van der Waals surface area contributed by atoms with E-state index >= 15 is 0 Å². The number of fused-ring (bicyclic) bond motifs is 12. The van der Waals surface area contributed by atoms with Crippen molar-refractivity contribution in [2.75, 3.05) is 0 Å². The third-order valence-electron chi connectivity index (χ3n) is 8.63. The van der Waals surface area contributed by atoms with Gasteiger partial charge in [-0.05, 0) is 87.4 Å². The van der Waals surface area contributed by atoms with Crippen molar-refractivity contribution >= 4 is 5.97 Å². The van der Waals surface area contributed by atoms with Crippen LogP contribution in [-0.4, -0.2) is 23.8 Å². The molecule has 6 fully saturated rings. The standard InChI is InChI=1S/C20H28O3/c1-20(5-3-2-4-6-20)23-19(21)12-8-10-7-11(12)16-14-9-13(15(10)16)17-18(14)22-17/h10-18H,2-9H2,1H3. The van der Waals surface area contributed by atoms with Crippen molar-refractivity contribution in [1.82, 2.24) is 0 Å². The van der Waals surface area contributed by atoms with Crippen LogP contribution in [0.4, 0.5) is 0 Å². The Morgan fingerprint density at radius 3 is 2.48 bits per heavy atom. The molecule has 0 amide bonds. The normalized spacial score (nSPS) is 57.2. The van der Waals surface area contributed by atoms with Crippen LogP contribution >= 0.6 is 0 Å². The molecule has 5 saturated carbocycles. The molecule has 9 unspecified atom stereocenters. The molecule has 6 rings (SSSR count). The highest BCUT2D eigenvalue weighted by Crippen LogP contribution is 2.73. The molecule has 3 nitrogen and oxygen atoms in total. The minimum absolute atomic E-state index is 0.149. The molecule has 23 heavy (non-hydrogen) atoms. The van der Waals surface area contributed by atoms with Crippen LogP contribution in [0.25, 0.3) is 0 Å². The average Bonchev–Trinajstić information content (AvgIpc) is 2.91. The molecule has 0 aromatic heterocycles. The Kier molecular flexibility index (Phi) is 2.58. The van der Waals surface area contributed by atoms with Gasteiger partial charge in [0.2, 0.25) is 0 Å². The molecule has 3 heteroatoms. The van der Waals surface area contributed by atoms with E-state index in [1.54, 1.807) is 0 Å². The smallest absolute Gasteiger partial charge is 0.309 e. The highest BCUT2D eigenvalue weighted by molar-refractivity contribution is 5.74. The Morgan fingerprint density at radius 1 is 0.957 bits per heavy atom. The highest BCUT2D eigenvalue weighted by Gasteiger charge is 2.74. The monoisotopic (exact) mass is 316 g/mol. The fourth-order valence-corrected chi connectivity index (χ4v) is 7.84. The lowest BCUT2D eigenvalue weighted by molar-refractivity contribution is -0.169. The molecule has 0 spiro atoms. The quantitative estimate of drug-likeness (QED) is 0.444. The molecular weight excluding hydrogens is 288 g/mol. The summed E-state index contributed by atoms with van der Waals surface area (Å²) in [7, 11) is 0. The van der Waals surface area contributed by atoms with Crippen molar-refractivity contribution in [3.05, 3.63) is 0 Å². The van der Waals surface area contributed by atoms with Crippen molar-refractivity contribution in [1.29, 1.82) is 0 Å². The Labute approximate surface area is 138 Å². The molecule has 0 N–H and O–H groups in total. The summed E-state index contributed by atoms with van der Waals surface area (Å²) in [6.45, 7) is 2.17. The van der Waals surface area contributed by atoms with Gasteiger partial charge in [-0.1, -0.05) is 6.42 Å². The van der Waals surface area contributed by atoms with Gasteiger partial charge in [0.25, 0.3) is 0 Å². The van der Waals surface area contributed by atoms with Gasteiger partial charge in [-0.25, -0.2) is 0 Å². The van der Waals surface area contributed by atoms with Crippen molar-refractivity contribution in [2.24, 2.45) is 41.4 Å². The van der Waals surface area contributed by atoms with Crippen LogP contribution < -0.4 is 0 Å². The van der Waals surface area contributed by atoms with Gasteiger partial charge in [-0.15, -0.1) is 0 Å². The van der Waals surface area contributed by atoms with E-state index in [1.807, 2.05) is 0 Å². The minimum atomic E-state index is -0.171. The van der Waals surface area contributed by atoms with E-state index in [0.29, 0.717) is 18.1 Å². The third kappa shape index (κ3) is 1.73. The number of epoxide rings is 1. The number of esters is 1. The molecular formula is C20H28O3. The summed E-state index contributed by atoms with van der Waals surface area (Å²) in [6.07, 6.45) is 10.9.